The third kappa shape index (κ3) is 13.5. The molecule has 4 rings (SSSR count). The fraction of sp³-hybridized carbons (Fsp3) is 0.571. The Morgan fingerprint density at radius 1 is 1.14 bits per heavy atom. The van der Waals surface area contributed by atoms with Crippen LogP contribution in [0, 0.1) is 12.8 Å². The van der Waals surface area contributed by atoms with Crippen LogP contribution < -0.4 is 4.74 Å². The molecule has 1 saturated carbocycles. The molecular formula is C35H53N3O4. The maximum absolute atomic E-state index is 11.9. The minimum Gasteiger partial charge on any atom is -0.494 e. The Kier molecular flexibility index (Phi) is 14.6. The van der Waals surface area contributed by atoms with Gasteiger partial charge in [0.15, 0.2) is 0 Å². The van der Waals surface area contributed by atoms with Crippen molar-refractivity contribution in [2.75, 3.05) is 19.7 Å². The zero-order valence-corrected chi connectivity index (χ0v) is 27.2. The maximum Gasteiger partial charge on any atom is 0.410 e. The molecule has 0 unspecified atom stereocenters. The molecular weight excluding hydrogens is 526 g/mol. The van der Waals surface area contributed by atoms with Gasteiger partial charge in [0.25, 0.3) is 0 Å². The molecule has 7 heteroatoms. The molecule has 42 heavy (non-hydrogen) atoms. The van der Waals surface area contributed by atoms with Gasteiger partial charge in [-0.05, 0) is 120 Å². The normalized spacial score (nSPS) is 12.6. The summed E-state index contributed by atoms with van der Waals surface area (Å²) in [5, 5.41) is 0. The third-order valence-corrected chi connectivity index (χ3v) is 6.57. The highest BCUT2D eigenvalue weighted by atomic mass is 16.6. The van der Waals surface area contributed by atoms with Gasteiger partial charge in [-0.3, -0.25) is 0 Å². The second-order valence-electron chi connectivity index (χ2n) is 12.4. The van der Waals surface area contributed by atoms with Gasteiger partial charge in [0, 0.05) is 13.1 Å². The summed E-state index contributed by atoms with van der Waals surface area (Å²) < 4.78 is 11.3. The number of aldehydes is 1. The molecule has 2 aromatic carbocycles. The Bertz CT molecular complexity index is 1220. The summed E-state index contributed by atoms with van der Waals surface area (Å²) in [6, 6.07) is 15.0. The molecule has 3 aromatic rings. The van der Waals surface area contributed by atoms with Gasteiger partial charge in [0.05, 0.1) is 17.6 Å². The minimum atomic E-state index is -0.402. The monoisotopic (exact) mass is 579 g/mol. The van der Waals surface area contributed by atoms with E-state index < -0.39 is 5.60 Å². The van der Waals surface area contributed by atoms with Crippen LogP contribution in [0.4, 0.5) is 4.79 Å². The summed E-state index contributed by atoms with van der Waals surface area (Å²) in [7, 11) is 0. The number of hydrogen-bond acceptors (Lipinski definition) is 5. The van der Waals surface area contributed by atoms with Crippen LogP contribution in [0.3, 0.4) is 0 Å². The number of fused-ring (bicyclic) bond motifs is 1. The lowest BCUT2D eigenvalue weighted by molar-refractivity contribution is -0.106. The lowest BCUT2D eigenvalue weighted by atomic mass is 10.1. The highest BCUT2D eigenvalue weighted by molar-refractivity contribution is 5.75. The number of nitrogens with one attached hydrogen (secondary N) is 1. The molecule has 1 N–H and O–H groups in total. The first kappa shape index (κ1) is 34.8. The van der Waals surface area contributed by atoms with E-state index in [1.165, 1.54) is 30.9 Å². The molecule has 1 fully saturated rings. The maximum atomic E-state index is 11.9. The van der Waals surface area contributed by atoms with Crippen LogP contribution in [-0.2, 0) is 16.0 Å². The Morgan fingerprint density at radius 3 is 2.48 bits per heavy atom. The molecule has 1 amide bonds. The molecule has 0 aliphatic heterocycles. The van der Waals surface area contributed by atoms with Crippen LogP contribution in [-0.4, -0.2) is 52.5 Å². The molecule has 0 bridgehead atoms. The van der Waals surface area contributed by atoms with E-state index in [1.54, 1.807) is 0 Å². The number of imidazole rings is 1. The van der Waals surface area contributed by atoms with Gasteiger partial charge in [-0.15, -0.1) is 0 Å². The molecule has 1 aliphatic carbocycles. The molecule has 0 saturated heterocycles. The number of benzene rings is 2. The van der Waals surface area contributed by atoms with Crippen molar-refractivity contribution < 1.29 is 19.1 Å². The van der Waals surface area contributed by atoms with Crippen LogP contribution in [0.25, 0.3) is 11.0 Å². The van der Waals surface area contributed by atoms with Gasteiger partial charge in [0.1, 0.15) is 23.5 Å². The number of hydrogen-bond donors (Lipinski definition) is 1. The topological polar surface area (TPSA) is 84.5 Å². The highest BCUT2D eigenvalue weighted by Crippen LogP contribution is 2.40. The first-order chi connectivity index (χ1) is 19.9. The van der Waals surface area contributed by atoms with E-state index in [4.69, 9.17) is 14.3 Å². The Morgan fingerprint density at radius 2 is 1.86 bits per heavy atom. The number of carbonyl (C=O) groups is 2. The molecule has 232 valence electrons. The van der Waals surface area contributed by atoms with Gasteiger partial charge in [-0.2, -0.15) is 0 Å². The van der Waals surface area contributed by atoms with E-state index >= 15 is 0 Å². The van der Waals surface area contributed by atoms with Crippen LogP contribution >= 0.6 is 0 Å². The summed E-state index contributed by atoms with van der Waals surface area (Å²) in [5.74, 6) is 3.37. The molecule has 0 radical (unpaired) electrons. The van der Waals surface area contributed by atoms with Crippen molar-refractivity contribution >= 4 is 23.4 Å². The van der Waals surface area contributed by atoms with Gasteiger partial charge >= 0.3 is 6.09 Å². The highest BCUT2D eigenvalue weighted by Gasteiger charge is 2.23. The van der Waals surface area contributed by atoms with Gasteiger partial charge in [0.2, 0.25) is 0 Å². The van der Waals surface area contributed by atoms with Crippen LogP contribution in [0.1, 0.15) is 103 Å². The van der Waals surface area contributed by atoms with Gasteiger partial charge in [-0.25, -0.2) is 9.78 Å². The van der Waals surface area contributed by atoms with Crippen LogP contribution in [0.5, 0.6) is 5.75 Å². The smallest absolute Gasteiger partial charge is 0.410 e. The standard InChI is InChI=1S/C20H22N2O.C13H27NO2.C2H4O/c1-14-21-19-10-7-15(12-20(19)22-14)4-3-11-23-18-6-2-5-17(13-18)16-8-9-16;1-7-9-14(10-8-11(2)3)12(15)16-13(4,5)6;1-2-3/h2,5-7,10,12-13,16H,3-4,8-9,11H2,1H3,(H,21,22);11H,7-10H2,1-6H3;2H,1H3. The molecule has 1 aromatic heterocycles. The average Bonchev–Trinajstić information content (AvgIpc) is 3.70. The van der Waals surface area contributed by atoms with E-state index in [0.717, 1.165) is 80.2 Å². The summed E-state index contributed by atoms with van der Waals surface area (Å²) in [5.41, 5.74) is 4.53. The lowest BCUT2D eigenvalue weighted by Crippen LogP contribution is -2.38. The number of H-pyrrole nitrogens is 1. The zero-order valence-electron chi connectivity index (χ0n) is 27.2. The average molecular weight is 580 g/mol. The van der Waals surface area contributed by atoms with Crippen molar-refractivity contribution in [3.8, 4) is 5.75 Å². The van der Waals surface area contributed by atoms with E-state index in [-0.39, 0.29) is 6.09 Å². The van der Waals surface area contributed by atoms with Crippen LogP contribution in [0.15, 0.2) is 42.5 Å². The summed E-state index contributed by atoms with van der Waals surface area (Å²) in [6.07, 6.45) is 7.27. The number of aryl methyl sites for hydroxylation is 2. The lowest BCUT2D eigenvalue weighted by Gasteiger charge is -2.27. The predicted octanol–water partition coefficient (Wildman–Crippen LogP) is 8.65. The Balaban J connectivity index is 0.000000286. The van der Waals surface area contributed by atoms with Crippen molar-refractivity contribution in [3.63, 3.8) is 0 Å². The number of rotatable bonds is 11. The van der Waals surface area contributed by atoms with Gasteiger partial charge in [-0.1, -0.05) is 39.0 Å². The zero-order chi connectivity index (χ0) is 31.1. The first-order valence-corrected chi connectivity index (χ1v) is 15.5. The van der Waals surface area contributed by atoms with E-state index in [1.807, 2.05) is 32.6 Å². The summed E-state index contributed by atoms with van der Waals surface area (Å²) in [4.78, 5) is 30.2. The molecule has 0 atom stereocenters. The second-order valence-corrected chi connectivity index (χ2v) is 12.4. The first-order valence-electron chi connectivity index (χ1n) is 15.5. The fourth-order valence-corrected chi connectivity index (χ4v) is 4.39. The summed E-state index contributed by atoms with van der Waals surface area (Å²) >= 11 is 0. The largest absolute Gasteiger partial charge is 0.494 e. The van der Waals surface area contributed by atoms with Crippen molar-refractivity contribution in [2.24, 2.45) is 5.92 Å². The number of aromatic nitrogens is 2. The number of ether oxygens (including phenoxy) is 2. The third-order valence-electron chi connectivity index (χ3n) is 6.57. The van der Waals surface area contributed by atoms with E-state index in [0.29, 0.717) is 5.92 Å². The van der Waals surface area contributed by atoms with E-state index in [9.17, 15) is 4.79 Å². The quantitative estimate of drug-likeness (QED) is 0.181. The Hall–Kier alpha value is -3.35. The molecule has 1 heterocycles. The second kappa shape index (κ2) is 17.6. The Labute approximate surface area is 253 Å². The van der Waals surface area contributed by atoms with Crippen LogP contribution in [0.2, 0.25) is 0 Å². The number of amides is 1. The SMILES string of the molecule is CC=O.CCCN(CCC(C)C)C(=O)OC(C)(C)C.Cc1nc2ccc(CCCOc3cccc(C4CC4)c3)cc2[nH]1. The minimum absolute atomic E-state index is 0.185. The summed E-state index contributed by atoms with van der Waals surface area (Å²) in [6.45, 7) is 17.9. The van der Waals surface area contributed by atoms with Gasteiger partial charge < -0.3 is 24.2 Å². The molecule has 7 nitrogen and oxygen atoms in total. The van der Waals surface area contributed by atoms with E-state index in [2.05, 4.69) is 73.2 Å². The van der Waals surface area contributed by atoms with Crippen molar-refractivity contribution in [1.82, 2.24) is 14.9 Å². The number of carbonyl (C=O) groups excluding carboxylic acids is 2. The van der Waals surface area contributed by atoms with Crippen molar-refractivity contribution in [2.45, 2.75) is 105 Å². The predicted molar refractivity (Wildman–Crippen MR) is 172 cm³/mol. The number of aromatic amines is 1. The fourth-order valence-electron chi connectivity index (χ4n) is 4.39. The van der Waals surface area contributed by atoms with Crippen molar-refractivity contribution in [1.29, 1.82) is 0 Å². The van der Waals surface area contributed by atoms with Crippen molar-refractivity contribution in [3.05, 3.63) is 59.4 Å². The number of nitrogens with zero attached hydrogens (tertiary/aromatic N) is 2. The molecule has 1 aliphatic rings. The molecule has 0 spiro atoms.